The smallest absolute Gasteiger partial charge is 0.413 e. The summed E-state index contributed by atoms with van der Waals surface area (Å²) in [4.78, 5) is 60.6. The second-order valence-electron chi connectivity index (χ2n) is 7.50. The summed E-state index contributed by atoms with van der Waals surface area (Å²) in [5.74, 6) is -3.27. The number of benzene rings is 1. The van der Waals surface area contributed by atoms with Gasteiger partial charge in [0.15, 0.2) is 0 Å². The average Bonchev–Trinajstić information content (AvgIpc) is 2.81. The number of hydrogen-bond donors (Lipinski definition) is 5. The van der Waals surface area contributed by atoms with Gasteiger partial charge in [-0.1, -0.05) is 18.2 Å². The van der Waals surface area contributed by atoms with Gasteiger partial charge in [0.2, 0.25) is 5.91 Å². The highest BCUT2D eigenvalue weighted by atomic mass is 32.2. The normalized spacial score (nSPS) is 20.0. The summed E-state index contributed by atoms with van der Waals surface area (Å²) in [7, 11) is 0. The van der Waals surface area contributed by atoms with Gasteiger partial charge in [-0.3, -0.25) is 14.5 Å². The van der Waals surface area contributed by atoms with E-state index >= 15 is 0 Å². The number of hydrogen-bond acceptors (Lipinski definition) is 8. The molecule has 2 heterocycles. The van der Waals surface area contributed by atoms with Gasteiger partial charge in [0.25, 0.3) is 5.91 Å². The van der Waals surface area contributed by atoms with E-state index in [9.17, 15) is 39.3 Å². The van der Waals surface area contributed by atoms with Crippen molar-refractivity contribution in [3.63, 3.8) is 0 Å². The molecule has 0 radical (unpaired) electrons. The third-order valence-electron chi connectivity index (χ3n) is 5.20. The fraction of sp³-hybridized carbons (Fsp3) is 0.381. The maximum Gasteiger partial charge on any atom is 0.413 e. The first kappa shape index (κ1) is 25.1. The van der Waals surface area contributed by atoms with Crippen LogP contribution in [0.5, 0.6) is 5.75 Å². The summed E-state index contributed by atoms with van der Waals surface area (Å²) in [5, 5.41) is 32.2. The van der Waals surface area contributed by atoms with Crippen molar-refractivity contribution in [2.24, 2.45) is 0 Å². The molecule has 1 fully saturated rings. The first-order chi connectivity index (χ1) is 16.2. The molecule has 0 spiro atoms. The number of ether oxygens (including phenoxy) is 1. The monoisotopic (exact) mass is 493 g/mol. The molecule has 3 atom stereocenters. The number of aliphatic hydroxyl groups excluding tert-OH is 1. The number of β-lactam (4-membered cyclic amide) rings is 1. The first-order valence-corrected chi connectivity index (χ1v) is 11.3. The van der Waals surface area contributed by atoms with Gasteiger partial charge in [-0.05, 0) is 30.5 Å². The van der Waals surface area contributed by atoms with Crippen LogP contribution in [0.4, 0.5) is 4.79 Å². The van der Waals surface area contributed by atoms with Crippen LogP contribution in [0.2, 0.25) is 0 Å². The van der Waals surface area contributed by atoms with E-state index in [1.54, 1.807) is 18.2 Å². The summed E-state index contributed by atoms with van der Waals surface area (Å²) in [5.41, 5.74) is -0.0376. The van der Waals surface area contributed by atoms with Crippen molar-refractivity contribution in [2.45, 2.75) is 36.7 Å². The summed E-state index contributed by atoms with van der Waals surface area (Å²) in [6.07, 6.45) is -1.00. The molecule has 3 rings (SSSR count). The fourth-order valence-electron chi connectivity index (χ4n) is 3.54. The number of carbonyl (C=O) groups excluding carboxylic acids is 3. The van der Waals surface area contributed by atoms with Crippen molar-refractivity contribution in [3.05, 3.63) is 41.6 Å². The molecule has 0 bridgehead atoms. The Kier molecular flexibility index (Phi) is 8.12. The molecular weight excluding hydrogens is 470 g/mol. The van der Waals surface area contributed by atoms with Crippen LogP contribution in [-0.2, 0) is 19.2 Å². The van der Waals surface area contributed by atoms with Crippen LogP contribution < -0.4 is 15.4 Å². The molecule has 3 amide bonds. The SMILES string of the molecule is O=C(CCCC(NC(=O)Oc1ccccc1)C(=O)O)NC1C(=O)N2C(C(=O)O)=C(CO)CS[C@@H]12. The number of para-hydroxylation sites is 1. The molecule has 0 aliphatic carbocycles. The van der Waals surface area contributed by atoms with Crippen molar-refractivity contribution in [1.82, 2.24) is 15.5 Å². The highest BCUT2D eigenvalue weighted by Crippen LogP contribution is 2.40. The van der Waals surface area contributed by atoms with Gasteiger partial charge in [0.05, 0.1) is 6.61 Å². The van der Waals surface area contributed by atoms with E-state index < -0.39 is 53.9 Å². The van der Waals surface area contributed by atoms with Gasteiger partial charge >= 0.3 is 18.0 Å². The molecule has 1 aromatic rings. The van der Waals surface area contributed by atoms with E-state index in [0.29, 0.717) is 0 Å². The molecule has 34 heavy (non-hydrogen) atoms. The molecule has 2 aliphatic rings. The Labute approximate surface area is 197 Å². The second-order valence-corrected chi connectivity index (χ2v) is 8.61. The Morgan fingerprint density at radius 2 is 1.88 bits per heavy atom. The number of carbonyl (C=O) groups is 5. The maximum atomic E-state index is 12.4. The van der Waals surface area contributed by atoms with Crippen LogP contribution in [0.1, 0.15) is 19.3 Å². The van der Waals surface area contributed by atoms with Crippen LogP contribution in [0.25, 0.3) is 0 Å². The number of fused-ring (bicyclic) bond motifs is 1. The minimum absolute atomic E-state index is 0.0542. The molecule has 2 aliphatic heterocycles. The lowest BCUT2D eigenvalue weighted by atomic mass is 10.0. The standard InChI is InChI=1S/C21H23N3O9S/c25-9-11-10-34-18-15(17(27)24(18)16(11)20(30)31)23-14(26)8-4-7-13(19(28)29)22-21(32)33-12-5-2-1-3-6-12/h1-3,5-6,13,15,18,25H,4,7-10H2,(H,22,32)(H,23,26)(H,28,29)(H,30,31)/t13?,15?,18-/m0/s1. The predicted molar refractivity (Wildman–Crippen MR) is 118 cm³/mol. The number of amides is 3. The van der Waals surface area contributed by atoms with Crippen molar-refractivity contribution in [3.8, 4) is 5.75 Å². The Balaban J connectivity index is 1.47. The van der Waals surface area contributed by atoms with E-state index in [-0.39, 0.29) is 42.0 Å². The van der Waals surface area contributed by atoms with Gasteiger partial charge in [-0.2, -0.15) is 0 Å². The van der Waals surface area contributed by atoms with E-state index in [1.807, 2.05) is 0 Å². The Morgan fingerprint density at radius 3 is 2.50 bits per heavy atom. The van der Waals surface area contributed by atoms with Crippen LogP contribution in [0.3, 0.4) is 0 Å². The Hall–Kier alpha value is -3.58. The summed E-state index contributed by atoms with van der Waals surface area (Å²) in [6.45, 7) is -0.486. The molecule has 5 N–H and O–H groups in total. The van der Waals surface area contributed by atoms with Crippen molar-refractivity contribution in [1.29, 1.82) is 0 Å². The molecule has 13 heteroatoms. The quantitative estimate of drug-likeness (QED) is 0.281. The zero-order valence-electron chi connectivity index (χ0n) is 17.8. The van der Waals surface area contributed by atoms with Crippen molar-refractivity contribution < 1.29 is 44.0 Å². The number of aliphatic carboxylic acids is 2. The average molecular weight is 493 g/mol. The first-order valence-electron chi connectivity index (χ1n) is 10.3. The molecule has 12 nitrogen and oxygen atoms in total. The van der Waals surface area contributed by atoms with Gasteiger partial charge in [-0.15, -0.1) is 11.8 Å². The maximum absolute atomic E-state index is 12.4. The van der Waals surface area contributed by atoms with E-state index in [0.717, 1.165) is 4.90 Å². The number of rotatable bonds is 10. The Bertz CT molecular complexity index is 1010. The van der Waals surface area contributed by atoms with E-state index in [2.05, 4.69) is 10.6 Å². The zero-order chi connectivity index (χ0) is 24.8. The molecular formula is C21H23N3O9S. The number of nitrogens with zero attached hydrogens (tertiary/aromatic N) is 1. The van der Waals surface area contributed by atoms with Crippen molar-refractivity contribution in [2.75, 3.05) is 12.4 Å². The molecule has 2 unspecified atom stereocenters. The van der Waals surface area contributed by atoms with Gasteiger partial charge in [0, 0.05) is 12.2 Å². The molecule has 0 saturated carbocycles. The number of thioether (sulfide) groups is 1. The number of nitrogens with one attached hydrogen (secondary N) is 2. The highest BCUT2D eigenvalue weighted by Gasteiger charge is 2.54. The fourth-order valence-corrected chi connectivity index (χ4v) is 4.88. The lowest BCUT2D eigenvalue weighted by molar-refractivity contribution is -0.150. The van der Waals surface area contributed by atoms with Gasteiger partial charge < -0.3 is 30.7 Å². The summed E-state index contributed by atoms with van der Waals surface area (Å²) >= 11 is 1.23. The number of carboxylic acid groups (broad SMARTS) is 2. The third kappa shape index (κ3) is 5.66. The Morgan fingerprint density at radius 1 is 1.18 bits per heavy atom. The summed E-state index contributed by atoms with van der Waals surface area (Å²) in [6, 6.07) is 5.90. The minimum Gasteiger partial charge on any atom is -0.480 e. The van der Waals surface area contributed by atoms with Crippen LogP contribution >= 0.6 is 11.8 Å². The van der Waals surface area contributed by atoms with E-state index in [4.69, 9.17) is 4.74 Å². The van der Waals surface area contributed by atoms with E-state index in [1.165, 1.54) is 23.9 Å². The minimum atomic E-state index is -1.33. The lowest BCUT2D eigenvalue weighted by Crippen LogP contribution is -2.70. The highest BCUT2D eigenvalue weighted by molar-refractivity contribution is 8.00. The molecule has 0 aromatic heterocycles. The van der Waals surface area contributed by atoms with Crippen LogP contribution in [-0.4, -0.2) is 79.9 Å². The van der Waals surface area contributed by atoms with Gasteiger partial charge in [-0.25, -0.2) is 14.4 Å². The molecule has 1 aromatic carbocycles. The topological polar surface area (TPSA) is 183 Å². The predicted octanol–water partition coefficient (Wildman–Crippen LogP) is 0.129. The molecule has 1 saturated heterocycles. The largest absolute Gasteiger partial charge is 0.480 e. The zero-order valence-corrected chi connectivity index (χ0v) is 18.6. The van der Waals surface area contributed by atoms with Crippen LogP contribution in [0, 0.1) is 0 Å². The van der Waals surface area contributed by atoms with Crippen molar-refractivity contribution >= 4 is 41.6 Å². The molecule has 182 valence electrons. The second kappa shape index (κ2) is 11.0. The lowest BCUT2D eigenvalue weighted by Gasteiger charge is -2.49. The summed E-state index contributed by atoms with van der Waals surface area (Å²) < 4.78 is 5.00. The number of aliphatic hydroxyl groups is 1. The van der Waals surface area contributed by atoms with Crippen LogP contribution in [0.15, 0.2) is 41.6 Å². The number of carboxylic acids is 2. The third-order valence-corrected chi connectivity index (χ3v) is 6.54. The van der Waals surface area contributed by atoms with Gasteiger partial charge in [0.1, 0.15) is 28.9 Å².